The Hall–Kier alpha value is -1.83. The van der Waals surface area contributed by atoms with E-state index in [0.717, 1.165) is 41.3 Å². The number of fused-ring (bicyclic) bond motifs is 1. The minimum atomic E-state index is 0.754. The van der Waals surface area contributed by atoms with Crippen molar-refractivity contribution in [3.05, 3.63) is 48.2 Å². The Labute approximate surface area is 95.2 Å². The number of hydrogen-bond acceptors (Lipinski definition) is 1. The molecule has 2 rings (SSSR count). The fourth-order valence-corrected chi connectivity index (χ4v) is 1.88. The van der Waals surface area contributed by atoms with Gasteiger partial charge in [0.2, 0.25) is 0 Å². The highest BCUT2D eigenvalue weighted by Gasteiger charge is 2.05. The highest BCUT2D eigenvalue weighted by atomic mass is 16.1. The first-order valence-corrected chi connectivity index (χ1v) is 5.40. The van der Waals surface area contributed by atoms with E-state index in [1.165, 1.54) is 0 Å². The van der Waals surface area contributed by atoms with Crippen LogP contribution in [-0.4, -0.2) is 10.9 Å². The minimum absolute atomic E-state index is 0.754. The van der Waals surface area contributed by atoms with Gasteiger partial charge in [-0.3, -0.25) is 4.79 Å². The van der Waals surface area contributed by atoms with Gasteiger partial charge in [-0.05, 0) is 25.5 Å². The second-order valence-electron chi connectivity index (χ2n) is 4.12. The lowest BCUT2D eigenvalue weighted by molar-refractivity contribution is 0.112. The molecule has 1 aromatic heterocycles. The molecule has 0 bridgehead atoms. The zero-order chi connectivity index (χ0) is 11.5. The van der Waals surface area contributed by atoms with Crippen molar-refractivity contribution in [2.24, 2.45) is 0 Å². The quantitative estimate of drug-likeness (QED) is 0.563. The van der Waals surface area contributed by atoms with Gasteiger partial charge in [-0.1, -0.05) is 17.7 Å². The molecule has 0 N–H and O–H groups in total. The molecule has 2 heteroatoms. The van der Waals surface area contributed by atoms with Crippen LogP contribution in [-0.2, 0) is 6.54 Å². The van der Waals surface area contributed by atoms with Crippen LogP contribution in [0.2, 0.25) is 0 Å². The normalized spacial score (nSPS) is 10.6. The van der Waals surface area contributed by atoms with Crippen LogP contribution in [0.4, 0.5) is 0 Å². The first kappa shape index (κ1) is 10.7. The number of carbonyl (C=O) groups excluding carboxylic acids is 1. The summed E-state index contributed by atoms with van der Waals surface area (Å²) in [5, 5.41) is 1.12. The molecule has 1 aromatic carbocycles. The number of aryl methyl sites for hydroxylation is 1. The highest BCUT2D eigenvalue weighted by molar-refractivity contribution is 5.96. The van der Waals surface area contributed by atoms with Crippen molar-refractivity contribution in [3.8, 4) is 0 Å². The second-order valence-corrected chi connectivity index (χ2v) is 4.12. The molecule has 0 saturated carbocycles. The average molecular weight is 213 g/mol. The van der Waals surface area contributed by atoms with E-state index in [2.05, 4.69) is 11.1 Å². The SMILES string of the molecule is C=C(C)CCn1ccc2cccc(C=O)c21. The fraction of sp³-hybridized carbons (Fsp3) is 0.214. The van der Waals surface area contributed by atoms with Crippen LogP contribution in [0.3, 0.4) is 0 Å². The van der Waals surface area contributed by atoms with E-state index in [4.69, 9.17) is 0 Å². The molecule has 0 aliphatic rings. The maximum absolute atomic E-state index is 11.0. The van der Waals surface area contributed by atoms with E-state index < -0.39 is 0 Å². The predicted molar refractivity (Wildman–Crippen MR) is 66.8 cm³/mol. The van der Waals surface area contributed by atoms with Crippen LogP contribution in [0, 0.1) is 0 Å². The zero-order valence-electron chi connectivity index (χ0n) is 9.44. The van der Waals surface area contributed by atoms with Crippen molar-refractivity contribution in [1.29, 1.82) is 0 Å². The number of carbonyl (C=O) groups is 1. The summed E-state index contributed by atoms with van der Waals surface area (Å²) in [6.07, 6.45) is 3.89. The Morgan fingerprint density at radius 3 is 2.94 bits per heavy atom. The van der Waals surface area contributed by atoms with E-state index in [-0.39, 0.29) is 0 Å². The van der Waals surface area contributed by atoms with Crippen LogP contribution in [0.15, 0.2) is 42.6 Å². The van der Waals surface area contributed by atoms with Crippen molar-refractivity contribution in [1.82, 2.24) is 4.57 Å². The summed E-state index contributed by atoms with van der Waals surface area (Å²) in [6.45, 7) is 6.79. The van der Waals surface area contributed by atoms with Crippen LogP contribution < -0.4 is 0 Å². The molecular formula is C14H15NO. The molecule has 0 amide bonds. The molecule has 82 valence electrons. The van der Waals surface area contributed by atoms with Crippen LogP contribution in [0.25, 0.3) is 10.9 Å². The second kappa shape index (κ2) is 4.35. The molecule has 0 aliphatic heterocycles. The Balaban J connectivity index is 2.45. The molecule has 0 fully saturated rings. The third-order valence-electron chi connectivity index (χ3n) is 2.73. The zero-order valence-corrected chi connectivity index (χ0v) is 9.44. The molecular weight excluding hydrogens is 198 g/mol. The summed E-state index contributed by atoms with van der Waals surface area (Å²) in [6, 6.07) is 7.84. The minimum Gasteiger partial charge on any atom is -0.347 e. The van der Waals surface area contributed by atoms with E-state index in [9.17, 15) is 4.79 Å². The van der Waals surface area contributed by atoms with Gasteiger partial charge < -0.3 is 4.57 Å². The summed E-state index contributed by atoms with van der Waals surface area (Å²) in [4.78, 5) is 11.0. The van der Waals surface area contributed by atoms with Crippen LogP contribution >= 0.6 is 0 Å². The summed E-state index contributed by atoms with van der Waals surface area (Å²) in [5.41, 5.74) is 2.94. The standard InChI is InChI=1S/C14H15NO/c1-11(2)6-8-15-9-7-12-4-3-5-13(10-16)14(12)15/h3-5,7,9-10H,1,6,8H2,2H3. The first-order valence-electron chi connectivity index (χ1n) is 5.40. The van der Waals surface area contributed by atoms with E-state index in [1.807, 2.05) is 37.4 Å². The van der Waals surface area contributed by atoms with Crippen LogP contribution in [0.1, 0.15) is 23.7 Å². The molecule has 0 spiro atoms. The lowest BCUT2D eigenvalue weighted by atomic mass is 10.1. The Morgan fingerprint density at radius 1 is 1.44 bits per heavy atom. The van der Waals surface area contributed by atoms with Crippen molar-refractivity contribution in [2.45, 2.75) is 19.9 Å². The lowest BCUT2D eigenvalue weighted by Gasteiger charge is -2.06. The molecule has 0 aliphatic carbocycles. The third kappa shape index (κ3) is 1.91. The number of para-hydroxylation sites is 1. The Morgan fingerprint density at radius 2 is 2.25 bits per heavy atom. The van der Waals surface area contributed by atoms with Gasteiger partial charge in [0.25, 0.3) is 0 Å². The number of hydrogen-bond donors (Lipinski definition) is 0. The monoisotopic (exact) mass is 213 g/mol. The maximum Gasteiger partial charge on any atom is 0.152 e. The molecule has 2 aromatic rings. The number of benzene rings is 1. The van der Waals surface area contributed by atoms with Crippen molar-refractivity contribution in [2.75, 3.05) is 0 Å². The van der Waals surface area contributed by atoms with Gasteiger partial charge in [-0.2, -0.15) is 0 Å². The third-order valence-corrected chi connectivity index (χ3v) is 2.73. The van der Waals surface area contributed by atoms with Crippen LogP contribution in [0.5, 0.6) is 0 Å². The van der Waals surface area contributed by atoms with Gasteiger partial charge >= 0.3 is 0 Å². The van der Waals surface area contributed by atoms with E-state index >= 15 is 0 Å². The van der Waals surface area contributed by atoms with Gasteiger partial charge in [-0.25, -0.2) is 0 Å². The highest BCUT2D eigenvalue weighted by Crippen LogP contribution is 2.20. The predicted octanol–water partition coefficient (Wildman–Crippen LogP) is 3.42. The number of aldehydes is 1. The van der Waals surface area contributed by atoms with Crippen molar-refractivity contribution >= 4 is 17.2 Å². The Bertz CT molecular complexity index is 537. The topological polar surface area (TPSA) is 22.0 Å². The molecule has 0 saturated heterocycles. The van der Waals surface area contributed by atoms with Gasteiger partial charge in [0, 0.05) is 23.7 Å². The first-order chi connectivity index (χ1) is 7.72. The van der Waals surface area contributed by atoms with Gasteiger partial charge in [-0.15, -0.1) is 6.58 Å². The summed E-state index contributed by atoms with van der Waals surface area (Å²) >= 11 is 0. The number of allylic oxidation sites excluding steroid dienone is 1. The molecule has 0 atom stereocenters. The lowest BCUT2D eigenvalue weighted by Crippen LogP contribution is -1.98. The van der Waals surface area contributed by atoms with Crippen molar-refractivity contribution < 1.29 is 4.79 Å². The van der Waals surface area contributed by atoms with Crippen molar-refractivity contribution in [3.63, 3.8) is 0 Å². The number of rotatable bonds is 4. The molecule has 2 nitrogen and oxygen atoms in total. The van der Waals surface area contributed by atoms with Gasteiger partial charge in [0.1, 0.15) is 0 Å². The smallest absolute Gasteiger partial charge is 0.152 e. The number of aromatic nitrogens is 1. The van der Waals surface area contributed by atoms with E-state index in [1.54, 1.807) is 0 Å². The fourth-order valence-electron chi connectivity index (χ4n) is 1.88. The largest absolute Gasteiger partial charge is 0.347 e. The average Bonchev–Trinajstić information content (AvgIpc) is 2.69. The maximum atomic E-state index is 11.0. The molecule has 16 heavy (non-hydrogen) atoms. The number of nitrogens with zero attached hydrogens (tertiary/aromatic N) is 1. The molecule has 0 radical (unpaired) electrons. The summed E-state index contributed by atoms with van der Waals surface area (Å²) in [7, 11) is 0. The Kier molecular flexibility index (Phi) is 2.91. The van der Waals surface area contributed by atoms with Gasteiger partial charge in [0.05, 0.1) is 5.52 Å². The van der Waals surface area contributed by atoms with E-state index in [0.29, 0.717) is 0 Å². The summed E-state index contributed by atoms with van der Waals surface area (Å²) in [5.74, 6) is 0. The molecule has 0 unspecified atom stereocenters. The summed E-state index contributed by atoms with van der Waals surface area (Å²) < 4.78 is 2.12. The van der Waals surface area contributed by atoms with Gasteiger partial charge in [0.15, 0.2) is 6.29 Å². The molecule has 1 heterocycles.